The van der Waals surface area contributed by atoms with Gasteiger partial charge in [-0.2, -0.15) is 11.8 Å². The van der Waals surface area contributed by atoms with Crippen LogP contribution in [0.2, 0.25) is 0 Å². The van der Waals surface area contributed by atoms with Gasteiger partial charge in [0.2, 0.25) is 0 Å². The molecule has 0 amide bonds. The molecule has 0 radical (unpaired) electrons. The minimum absolute atomic E-state index is 0.164. The molecule has 1 aliphatic heterocycles. The van der Waals surface area contributed by atoms with Crippen molar-refractivity contribution >= 4 is 23.1 Å². The molecule has 0 bridgehead atoms. The van der Waals surface area contributed by atoms with Gasteiger partial charge in [-0.05, 0) is 24.6 Å². The van der Waals surface area contributed by atoms with Gasteiger partial charge in [0.15, 0.2) is 0 Å². The number of rotatable bonds is 4. The summed E-state index contributed by atoms with van der Waals surface area (Å²) in [6.45, 7) is 7.63. The Morgan fingerprint density at radius 2 is 2.38 bits per heavy atom. The number of thiazole rings is 1. The largest absolute Gasteiger partial charge is 0.305 e. The Labute approximate surface area is 106 Å². The van der Waals surface area contributed by atoms with Crippen LogP contribution in [0.1, 0.15) is 43.8 Å². The lowest BCUT2D eigenvalue weighted by atomic mass is 10.00. The summed E-state index contributed by atoms with van der Waals surface area (Å²) in [5.41, 5.74) is 1.41. The van der Waals surface area contributed by atoms with Crippen molar-refractivity contribution in [3.05, 3.63) is 16.1 Å². The molecule has 1 atom stereocenters. The third-order valence-electron chi connectivity index (χ3n) is 3.06. The summed E-state index contributed by atoms with van der Waals surface area (Å²) in [6, 6.07) is 0. The Kier molecular flexibility index (Phi) is 3.93. The minimum Gasteiger partial charge on any atom is -0.305 e. The summed E-state index contributed by atoms with van der Waals surface area (Å²) in [7, 11) is 0. The van der Waals surface area contributed by atoms with Crippen molar-refractivity contribution in [2.45, 2.75) is 38.6 Å². The van der Waals surface area contributed by atoms with E-state index in [1.54, 1.807) is 0 Å². The maximum atomic E-state index is 4.83. The molecule has 0 spiro atoms. The number of thioether (sulfide) groups is 1. The lowest BCUT2D eigenvalue weighted by molar-refractivity contribution is 0.384. The Hall–Kier alpha value is -0.0600. The summed E-state index contributed by atoms with van der Waals surface area (Å²) in [5.74, 6) is 2.97. The van der Waals surface area contributed by atoms with Crippen LogP contribution in [0.4, 0.5) is 0 Å². The summed E-state index contributed by atoms with van der Waals surface area (Å²) in [5, 5.41) is 7.17. The maximum absolute atomic E-state index is 4.83. The molecule has 1 N–H and O–H groups in total. The fourth-order valence-corrected chi connectivity index (χ4v) is 4.71. The second-order valence-corrected chi connectivity index (χ2v) is 6.61. The second kappa shape index (κ2) is 5.07. The summed E-state index contributed by atoms with van der Waals surface area (Å²) < 4.78 is 0. The molecule has 2 nitrogen and oxygen atoms in total. The quantitative estimate of drug-likeness (QED) is 0.895. The highest BCUT2D eigenvalue weighted by Crippen LogP contribution is 2.38. The average molecular weight is 256 g/mol. The molecule has 0 aliphatic carbocycles. The van der Waals surface area contributed by atoms with Crippen LogP contribution < -0.4 is 5.32 Å². The fraction of sp³-hybridized carbons (Fsp3) is 0.750. The molecule has 4 heteroatoms. The van der Waals surface area contributed by atoms with Crippen molar-refractivity contribution in [2.75, 3.05) is 18.1 Å². The molecule has 0 aromatic carbocycles. The molecule has 1 fully saturated rings. The van der Waals surface area contributed by atoms with E-state index in [4.69, 9.17) is 4.98 Å². The molecule has 1 aromatic rings. The van der Waals surface area contributed by atoms with Gasteiger partial charge in [0.05, 0.1) is 11.2 Å². The number of nitrogens with zero attached hydrogens (tertiary/aromatic N) is 1. The van der Waals surface area contributed by atoms with Crippen LogP contribution in [0.15, 0.2) is 5.38 Å². The molecule has 2 rings (SSSR count). The summed E-state index contributed by atoms with van der Waals surface area (Å²) >= 11 is 3.86. The highest BCUT2D eigenvalue weighted by Gasteiger charge is 2.38. The second-order valence-electron chi connectivity index (χ2n) is 4.65. The Bertz CT molecular complexity index is 341. The first-order chi connectivity index (χ1) is 7.68. The maximum Gasteiger partial charge on any atom is 0.114 e. The zero-order chi connectivity index (χ0) is 11.6. The fourth-order valence-electron chi connectivity index (χ4n) is 2.06. The molecule has 16 heavy (non-hydrogen) atoms. The van der Waals surface area contributed by atoms with E-state index in [9.17, 15) is 0 Å². The lowest BCUT2D eigenvalue weighted by Crippen LogP contribution is -2.42. The molecule has 0 saturated carbocycles. The van der Waals surface area contributed by atoms with Crippen LogP contribution in [-0.4, -0.2) is 23.0 Å². The van der Waals surface area contributed by atoms with Crippen LogP contribution in [0, 0.1) is 0 Å². The van der Waals surface area contributed by atoms with E-state index < -0.39 is 0 Å². The normalized spacial score (nSPS) is 25.5. The lowest BCUT2D eigenvalue weighted by Gasteiger charge is -2.26. The molecular formula is C12H20N2S2. The predicted molar refractivity (Wildman–Crippen MR) is 73.5 cm³/mol. The van der Waals surface area contributed by atoms with E-state index >= 15 is 0 Å². The first-order valence-corrected chi connectivity index (χ1v) is 8.00. The van der Waals surface area contributed by atoms with E-state index in [2.05, 4.69) is 31.5 Å². The Morgan fingerprint density at radius 3 is 2.88 bits per heavy atom. The molecule has 1 unspecified atom stereocenters. The zero-order valence-electron chi connectivity index (χ0n) is 10.2. The molecule has 2 heterocycles. The molecule has 1 aliphatic rings. The van der Waals surface area contributed by atoms with Crippen LogP contribution in [0.25, 0.3) is 0 Å². The molecule has 90 valence electrons. The first kappa shape index (κ1) is 12.4. The third-order valence-corrected chi connectivity index (χ3v) is 5.31. The average Bonchev–Trinajstić information content (AvgIpc) is 2.85. The number of nitrogens with one attached hydrogen (secondary N) is 1. The third kappa shape index (κ3) is 2.29. The first-order valence-electron chi connectivity index (χ1n) is 5.96. The predicted octanol–water partition coefficient (Wildman–Crippen LogP) is 3.21. The number of hydrogen-bond acceptors (Lipinski definition) is 4. The van der Waals surface area contributed by atoms with E-state index in [0.29, 0.717) is 5.92 Å². The molecular weight excluding hydrogens is 236 g/mol. The van der Waals surface area contributed by atoms with Gasteiger partial charge in [-0.15, -0.1) is 11.3 Å². The monoisotopic (exact) mass is 256 g/mol. The van der Waals surface area contributed by atoms with Gasteiger partial charge in [-0.1, -0.05) is 20.8 Å². The molecule has 1 aromatic heterocycles. The smallest absolute Gasteiger partial charge is 0.114 e. The van der Waals surface area contributed by atoms with E-state index in [0.717, 1.165) is 6.54 Å². The topological polar surface area (TPSA) is 24.9 Å². The van der Waals surface area contributed by atoms with Gasteiger partial charge in [0.1, 0.15) is 5.01 Å². The van der Waals surface area contributed by atoms with Crippen molar-refractivity contribution in [1.82, 2.24) is 10.3 Å². The van der Waals surface area contributed by atoms with Crippen LogP contribution in [0.5, 0.6) is 0 Å². The highest BCUT2D eigenvalue weighted by molar-refractivity contribution is 7.99. The molecule has 1 saturated heterocycles. The SMILES string of the molecule is CCNC1(c2nc(C(C)C)cs2)CCSC1. The van der Waals surface area contributed by atoms with Crippen molar-refractivity contribution in [1.29, 1.82) is 0 Å². The Balaban J connectivity index is 2.24. The van der Waals surface area contributed by atoms with Crippen molar-refractivity contribution in [2.24, 2.45) is 0 Å². The van der Waals surface area contributed by atoms with Crippen molar-refractivity contribution < 1.29 is 0 Å². The van der Waals surface area contributed by atoms with Gasteiger partial charge < -0.3 is 5.32 Å². The van der Waals surface area contributed by atoms with Gasteiger partial charge in [-0.25, -0.2) is 4.98 Å². The Morgan fingerprint density at radius 1 is 1.56 bits per heavy atom. The van der Waals surface area contributed by atoms with Gasteiger partial charge in [0, 0.05) is 11.1 Å². The van der Waals surface area contributed by atoms with E-state index in [1.807, 2.05) is 23.1 Å². The minimum atomic E-state index is 0.164. The van der Waals surface area contributed by atoms with Crippen molar-refractivity contribution in [3.8, 4) is 0 Å². The zero-order valence-corrected chi connectivity index (χ0v) is 11.9. The van der Waals surface area contributed by atoms with E-state index in [-0.39, 0.29) is 5.54 Å². The van der Waals surface area contributed by atoms with Crippen LogP contribution >= 0.6 is 23.1 Å². The van der Waals surface area contributed by atoms with Crippen LogP contribution in [0.3, 0.4) is 0 Å². The summed E-state index contributed by atoms with van der Waals surface area (Å²) in [6.07, 6.45) is 1.22. The number of hydrogen-bond donors (Lipinski definition) is 1. The van der Waals surface area contributed by atoms with E-state index in [1.165, 1.54) is 28.6 Å². The van der Waals surface area contributed by atoms with Gasteiger partial charge >= 0.3 is 0 Å². The number of aromatic nitrogens is 1. The highest BCUT2D eigenvalue weighted by atomic mass is 32.2. The van der Waals surface area contributed by atoms with Gasteiger partial charge in [0.25, 0.3) is 0 Å². The van der Waals surface area contributed by atoms with Gasteiger partial charge in [-0.3, -0.25) is 0 Å². The standard InChI is InChI=1S/C12H20N2S2/c1-4-13-12(5-6-15-8-12)11-14-10(7-16-11)9(2)3/h7,9,13H,4-6,8H2,1-3H3. The van der Waals surface area contributed by atoms with Crippen LogP contribution in [-0.2, 0) is 5.54 Å². The summed E-state index contributed by atoms with van der Waals surface area (Å²) in [4.78, 5) is 4.83. The van der Waals surface area contributed by atoms with Crippen molar-refractivity contribution in [3.63, 3.8) is 0 Å².